The van der Waals surface area contributed by atoms with E-state index in [0.717, 1.165) is 41.3 Å². The predicted molar refractivity (Wildman–Crippen MR) is 98.9 cm³/mol. The van der Waals surface area contributed by atoms with Crippen molar-refractivity contribution in [1.29, 1.82) is 0 Å². The van der Waals surface area contributed by atoms with Crippen molar-refractivity contribution in [1.82, 2.24) is 14.9 Å². The molecule has 3 aromatic rings. The van der Waals surface area contributed by atoms with Crippen molar-refractivity contribution in [2.45, 2.75) is 32.2 Å². The molecule has 122 valence electrons. The van der Waals surface area contributed by atoms with Crippen LogP contribution in [0.1, 0.15) is 25.3 Å². The lowest BCUT2D eigenvalue weighted by Crippen LogP contribution is -2.28. The van der Waals surface area contributed by atoms with Crippen LogP contribution in [-0.2, 0) is 6.42 Å². The summed E-state index contributed by atoms with van der Waals surface area (Å²) in [4.78, 5) is 12.0. The van der Waals surface area contributed by atoms with E-state index in [1.54, 1.807) is 0 Å². The molecule has 24 heavy (non-hydrogen) atoms. The second-order valence-corrected chi connectivity index (χ2v) is 6.72. The fraction of sp³-hybridized carbons (Fsp3) is 0.333. The largest absolute Gasteiger partial charge is 0.300 e. The summed E-state index contributed by atoms with van der Waals surface area (Å²) in [6, 6.07) is 17.5. The number of likely N-dealkylation sites (tertiary alicyclic amines) is 1. The molecule has 0 spiro atoms. The van der Waals surface area contributed by atoms with Gasteiger partial charge in [-0.1, -0.05) is 36.4 Å². The summed E-state index contributed by atoms with van der Waals surface area (Å²) in [6.45, 7) is 4.72. The van der Waals surface area contributed by atoms with Crippen molar-refractivity contribution in [2.75, 3.05) is 13.1 Å². The smallest absolute Gasteiger partial charge is 0.0897 e. The molecule has 2 heterocycles. The second-order valence-electron chi connectivity index (χ2n) is 6.72. The van der Waals surface area contributed by atoms with Gasteiger partial charge in [0, 0.05) is 18.2 Å². The van der Waals surface area contributed by atoms with Crippen LogP contribution in [0.25, 0.3) is 22.3 Å². The Bertz CT molecular complexity index is 829. The van der Waals surface area contributed by atoms with Crippen molar-refractivity contribution < 1.29 is 0 Å². The van der Waals surface area contributed by atoms with E-state index in [1.807, 2.05) is 24.4 Å². The Balaban J connectivity index is 1.57. The van der Waals surface area contributed by atoms with Gasteiger partial charge in [-0.3, -0.25) is 4.98 Å². The fourth-order valence-electron chi connectivity index (χ4n) is 3.56. The molecule has 1 fully saturated rings. The molecule has 0 bridgehead atoms. The van der Waals surface area contributed by atoms with Gasteiger partial charge in [0.2, 0.25) is 0 Å². The van der Waals surface area contributed by atoms with Crippen molar-refractivity contribution in [3.8, 4) is 11.3 Å². The summed E-state index contributed by atoms with van der Waals surface area (Å²) in [6.07, 6.45) is 5.62. The lowest BCUT2D eigenvalue weighted by molar-refractivity contribution is 0.272. The standard InChI is InChI=1S/C21H23N3/c1-16-6-5-12-24(16)13-11-17-9-10-19-20(14-17)23-21(15-22-19)18-7-3-2-4-8-18/h2-4,7-10,14-16H,5-6,11-13H2,1H3/t16-/m1/s1. The summed E-state index contributed by atoms with van der Waals surface area (Å²) in [5.74, 6) is 0. The van der Waals surface area contributed by atoms with Gasteiger partial charge in [0.25, 0.3) is 0 Å². The molecule has 1 atom stereocenters. The van der Waals surface area contributed by atoms with Gasteiger partial charge < -0.3 is 4.90 Å². The maximum atomic E-state index is 4.82. The van der Waals surface area contributed by atoms with Crippen LogP contribution in [0.3, 0.4) is 0 Å². The molecular formula is C21H23N3. The van der Waals surface area contributed by atoms with E-state index in [9.17, 15) is 0 Å². The van der Waals surface area contributed by atoms with E-state index in [1.165, 1.54) is 24.9 Å². The van der Waals surface area contributed by atoms with Crippen LogP contribution >= 0.6 is 0 Å². The highest BCUT2D eigenvalue weighted by molar-refractivity contribution is 5.77. The predicted octanol–water partition coefficient (Wildman–Crippen LogP) is 4.32. The number of hydrogen-bond acceptors (Lipinski definition) is 3. The first-order chi connectivity index (χ1) is 11.8. The summed E-state index contributed by atoms with van der Waals surface area (Å²) < 4.78 is 0. The monoisotopic (exact) mass is 317 g/mol. The third-order valence-corrected chi connectivity index (χ3v) is 5.05. The molecule has 1 aliphatic rings. The highest BCUT2D eigenvalue weighted by atomic mass is 15.2. The Hall–Kier alpha value is -2.26. The number of benzene rings is 2. The van der Waals surface area contributed by atoms with E-state index in [2.05, 4.69) is 47.1 Å². The molecule has 0 N–H and O–H groups in total. The van der Waals surface area contributed by atoms with E-state index in [0.29, 0.717) is 0 Å². The third kappa shape index (κ3) is 3.17. The second kappa shape index (κ2) is 6.70. The Kier molecular flexibility index (Phi) is 4.26. The molecule has 4 rings (SSSR count). The zero-order valence-electron chi connectivity index (χ0n) is 14.2. The topological polar surface area (TPSA) is 29.0 Å². The Morgan fingerprint density at radius 3 is 2.75 bits per heavy atom. The first-order valence-electron chi connectivity index (χ1n) is 8.85. The highest BCUT2D eigenvalue weighted by Gasteiger charge is 2.19. The van der Waals surface area contributed by atoms with Gasteiger partial charge in [0.05, 0.1) is 22.9 Å². The van der Waals surface area contributed by atoms with Crippen LogP contribution in [0, 0.1) is 0 Å². The zero-order chi connectivity index (χ0) is 16.4. The molecule has 0 unspecified atom stereocenters. The molecule has 0 saturated carbocycles. The summed E-state index contributed by atoms with van der Waals surface area (Å²) >= 11 is 0. The number of aromatic nitrogens is 2. The first kappa shape index (κ1) is 15.3. The van der Waals surface area contributed by atoms with Crippen LogP contribution < -0.4 is 0 Å². The summed E-state index contributed by atoms with van der Waals surface area (Å²) in [5.41, 5.74) is 5.36. The van der Waals surface area contributed by atoms with E-state index in [4.69, 9.17) is 4.98 Å². The van der Waals surface area contributed by atoms with Gasteiger partial charge in [0.1, 0.15) is 0 Å². The lowest BCUT2D eigenvalue weighted by atomic mass is 10.1. The first-order valence-corrected chi connectivity index (χ1v) is 8.85. The van der Waals surface area contributed by atoms with Crippen LogP contribution in [0.5, 0.6) is 0 Å². The minimum atomic E-state index is 0.731. The molecule has 0 aliphatic carbocycles. The normalized spacial score (nSPS) is 18.3. The van der Waals surface area contributed by atoms with Crippen LogP contribution in [0.2, 0.25) is 0 Å². The summed E-state index contributed by atoms with van der Waals surface area (Å²) in [7, 11) is 0. The number of nitrogens with zero attached hydrogens (tertiary/aromatic N) is 3. The van der Waals surface area contributed by atoms with Crippen LogP contribution in [0.4, 0.5) is 0 Å². The van der Waals surface area contributed by atoms with Crippen molar-refractivity contribution in [2.24, 2.45) is 0 Å². The summed E-state index contributed by atoms with van der Waals surface area (Å²) in [5, 5.41) is 0. The molecule has 0 radical (unpaired) electrons. The van der Waals surface area contributed by atoms with E-state index in [-0.39, 0.29) is 0 Å². The minimum absolute atomic E-state index is 0.731. The third-order valence-electron chi connectivity index (χ3n) is 5.05. The van der Waals surface area contributed by atoms with Gasteiger partial charge in [-0.2, -0.15) is 0 Å². The van der Waals surface area contributed by atoms with Crippen molar-refractivity contribution in [3.05, 3.63) is 60.3 Å². The molecule has 3 nitrogen and oxygen atoms in total. The average Bonchev–Trinajstić information content (AvgIpc) is 3.05. The van der Waals surface area contributed by atoms with Gasteiger partial charge in [0.15, 0.2) is 0 Å². The molecule has 1 aliphatic heterocycles. The molecule has 1 saturated heterocycles. The maximum absolute atomic E-state index is 4.82. The van der Waals surface area contributed by atoms with Crippen molar-refractivity contribution >= 4 is 11.0 Å². The zero-order valence-corrected chi connectivity index (χ0v) is 14.2. The van der Waals surface area contributed by atoms with Gasteiger partial charge in [-0.25, -0.2) is 4.98 Å². The molecular weight excluding hydrogens is 294 g/mol. The van der Waals surface area contributed by atoms with E-state index >= 15 is 0 Å². The Labute approximate surface area is 143 Å². The molecule has 2 aromatic carbocycles. The minimum Gasteiger partial charge on any atom is -0.300 e. The van der Waals surface area contributed by atoms with Gasteiger partial charge in [-0.15, -0.1) is 0 Å². The molecule has 0 amide bonds. The van der Waals surface area contributed by atoms with E-state index < -0.39 is 0 Å². The quantitative estimate of drug-likeness (QED) is 0.717. The SMILES string of the molecule is C[C@@H]1CCCN1CCc1ccc2ncc(-c3ccccc3)nc2c1. The average molecular weight is 317 g/mol. The highest BCUT2D eigenvalue weighted by Crippen LogP contribution is 2.21. The van der Waals surface area contributed by atoms with Crippen LogP contribution in [0.15, 0.2) is 54.7 Å². The molecule has 1 aromatic heterocycles. The van der Waals surface area contributed by atoms with Gasteiger partial charge >= 0.3 is 0 Å². The number of fused-ring (bicyclic) bond motifs is 1. The van der Waals surface area contributed by atoms with Gasteiger partial charge in [-0.05, 0) is 50.4 Å². The molecule has 3 heteroatoms. The van der Waals surface area contributed by atoms with Crippen LogP contribution in [-0.4, -0.2) is 34.0 Å². The van der Waals surface area contributed by atoms with Crippen molar-refractivity contribution in [3.63, 3.8) is 0 Å². The fourth-order valence-corrected chi connectivity index (χ4v) is 3.56. The Morgan fingerprint density at radius 1 is 1.08 bits per heavy atom. The number of hydrogen-bond donors (Lipinski definition) is 0. The lowest BCUT2D eigenvalue weighted by Gasteiger charge is -2.20. The number of rotatable bonds is 4. The Morgan fingerprint density at radius 2 is 1.96 bits per heavy atom. The maximum Gasteiger partial charge on any atom is 0.0897 e.